The first-order valence-electron chi connectivity index (χ1n) is 9.58. The Balaban J connectivity index is 0.00000150. The van der Waals surface area contributed by atoms with E-state index >= 15 is 0 Å². The predicted molar refractivity (Wildman–Crippen MR) is 122 cm³/mol. The van der Waals surface area contributed by atoms with E-state index in [9.17, 15) is 0 Å². The number of ether oxygens (including phenoxy) is 2. The quantitative estimate of drug-likeness (QED) is 0.558. The Kier molecular flexibility index (Phi) is 8.44. The summed E-state index contributed by atoms with van der Waals surface area (Å²) in [5, 5.41) is 3.51. The Hall–Kier alpha value is -2.15. The van der Waals surface area contributed by atoms with Gasteiger partial charge in [-0.15, -0.1) is 24.8 Å². The van der Waals surface area contributed by atoms with E-state index < -0.39 is 0 Å². The Bertz CT molecular complexity index is 928. The molecule has 8 heteroatoms. The Morgan fingerprint density at radius 2 is 1.79 bits per heavy atom. The number of anilines is 1. The normalized spacial score (nSPS) is 12.0. The Labute approximate surface area is 184 Å². The van der Waals surface area contributed by atoms with E-state index in [4.69, 9.17) is 14.5 Å². The molecule has 0 fully saturated rings. The van der Waals surface area contributed by atoms with Gasteiger partial charge in [0.1, 0.15) is 0 Å². The highest BCUT2D eigenvalue weighted by Gasteiger charge is 2.14. The highest BCUT2D eigenvalue weighted by Crippen LogP contribution is 2.32. The second-order valence-corrected chi connectivity index (χ2v) is 6.64. The van der Waals surface area contributed by atoms with Crippen LogP contribution in [0.15, 0.2) is 42.5 Å². The molecule has 29 heavy (non-hydrogen) atoms. The van der Waals surface area contributed by atoms with Gasteiger partial charge in [0.15, 0.2) is 11.5 Å². The van der Waals surface area contributed by atoms with E-state index in [-0.39, 0.29) is 24.8 Å². The molecule has 0 atom stereocenters. The largest absolute Gasteiger partial charge is 0.454 e. The number of rotatable bonds is 8. The summed E-state index contributed by atoms with van der Waals surface area (Å²) in [5.74, 6) is 2.52. The van der Waals surface area contributed by atoms with Gasteiger partial charge in [-0.3, -0.25) is 0 Å². The lowest BCUT2D eigenvalue weighted by Gasteiger charge is -2.19. The average Bonchev–Trinajstić information content (AvgIpc) is 3.31. The number of nitrogens with one attached hydrogen (secondary N) is 1. The maximum atomic E-state index is 5.48. The summed E-state index contributed by atoms with van der Waals surface area (Å²) < 4.78 is 13.1. The second-order valence-electron chi connectivity index (χ2n) is 6.64. The van der Waals surface area contributed by atoms with Crippen molar-refractivity contribution < 1.29 is 9.47 Å². The summed E-state index contributed by atoms with van der Waals surface area (Å²) in [6.07, 6.45) is 0. The number of fused-ring (bicyclic) bond motifs is 2. The van der Waals surface area contributed by atoms with Gasteiger partial charge in [-0.1, -0.05) is 32.0 Å². The lowest BCUT2D eigenvalue weighted by molar-refractivity contribution is 0.174. The molecular weight excluding hydrogens is 411 g/mol. The van der Waals surface area contributed by atoms with E-state index in [1.807, 2.05) is 18.2 Å². The lowest BCUT2D eigenvalue weighted by Crippen LogP contribution is -2.27. The molecule has 2 heterocycles. The van der Waals surface area contributed by atoms with Crippen LogP contribution >= 0.6 is 24.8 Å². The number of imidazole rings is 1. The zero-order valence-electron chi connectivity index (χ0n) is 16.8. The molecule has 4 rings (SSSR count). The Morgan fingerprint density at radius 1 is 1.03 bits per heavy atom. The van der Waals surface area contributed by atoms with E-state index in [0.29, 0.717) is 13.3 Å². The number of nitrogens with zero attached hydrogens (tertiary/aromatic N) is 3. The van der Waals surface area contributed by atoms with Crippen molar-refractivity contribution in [3.63, 3.8) is 0 Å². The molecule has 1 aromatic heterocycles. The molecule has 0 bridgehead atoms. The van der Waals surface area contributed by atoms with Crippen LogP contribution in [0.5, 0.6) is 11.5 Å². The summed E-state index contributed by atoms with van der Waals surface area (Å²) in [6.45, 7) is 9.42. The van der Waals surface area contributed by atoms with Crippen LogP contribution in [0.2, 0.25) is 0 Å². The van der Waals surface area contributed by atoms with Crippen molar-refractivity contribution in [3.05, 3.63) is 48.0 Å². The van der Waals surface area contributed by atoms with Crippen molar-refractivity contribution in [2.24, 2.45) is 0 Å². The zero-order chi connectivity index (χ0) is 18.6. The molecule has 0 radical (unpaired) electrons. The molecule has 3 aromatic rings. The lowest BCUT2D eigenvalue weighted by atomic mass is 10.2. The summed E-state index contributed by atoms with van der Waals surface area (Å²) in [4.78, 5) is 7.23. The van der Waals surface area contributed by atoms with Gasteiger partial charge in [-0.2, -0.15) is 0 Å². The van der Waals surface area contributed by atoms with E-state index in [2.05, 4.69) is 52.9 Å². The van der Waals surface area contributed by atoms with Crippen LogP contribution in [-0.4, -0.2) is 40.9 Å². The molecule has 6 nitrogen and oxygen atoms in total. The molecule has 1 aliphatic heterocycles. The molecule has 158 valence electrons. The van der Waals surface area contributed by atoms with Crippen molar-refractivity contribution in [3.8, 4) is 11.5 Å². The number of hydrogen-bond acceptors (Lipinski definition) is 5. The van der Waals surface area contributed by atoms with Crippen LogP contribution < -0.4 is 14.8 Å². The summed E-state index contributed by atoms with van der Waals surface area (Å²) in [5.41, 5.74) is 3.32. The predicted octanol–water partition coefficient (Wildman–Crippen LogP) is 4.56. The van der Waals surface area contributed by atoms with Crippen molar-refractivity contribution in [1.29, 1.82) is 0 Å². The van der Waals surface area contributed by atoms with Gasteiger partial charge in [0.25, 0.3) is 0 Å². The summed E-state index contributed by atoms with van der Waals surface area (Å²) in [6, 6.07) is 14.3. The van der Waals surface area contributed by atoms with Crippen LogP contribution in [0.1, 0.15) is 19.4 Å². The van der Waals surface area contributed by atoms with Gasteiger partial charge in [-0.05, 0) is 42.9 Å². The van der Waals surface area contributed by atoms with E-state index in [0.717, 1.165) is 60.2 Å². The monoisotopic (exact) mass is 438 g/mol. The number of benzene rings is 2. The molecule has 0 amide bonds. The third-order valence-electron chi connectivity index (χ3n) is 5.08. The molecular formula is C21H28Cl2N4O2. The first-order valence-corrected chi connectivity index (χ1v) is 9.58. The molecule has 1 N–H and O–H groups in total. The van der Waals surface area contributed by atoms with Gasteiger partial charge in [0.2, 0.25) is 12.7 Å². The topological polar surface area (TPSA) is 51.5 Å². The Morgan fingerprint density at radius 3 is 2.59 bits per heavy atom. The molecule has 0 saturated heterocycles. The van der Waals surface area contributed by atoms with Crippen molar-refractivity contribution in [2.45, 2.75) is 26.9 Å². The minimum atomic E-state index is 0. The standard InChI is InChI=1S/C21H26N4O2.2ClH/c1-3-24(4-2)11-12-25-18-8-6-5-7-17(18)23-21(25)22-14-16-9-10-19-20(13-16)27-15-26-19;;/h5-10,13H,3-4,11-12,14-15H2,1-2H3,(H,22,23);2*1H. The minimum absolute atomic E-state index is 0. The van der Waals surface area contributed by atoms with Gasteiger partial charge < -0.3 is 24.3 Å². The molecule has 0 aliphatic carbocycles. The average molecular weight is 439 g/mol. The highest BCUT2D eigenvalue weighted by molar-refractivity contribution is 5.85. The van der Waals surface area contributed by atoms with Gasteiger partial charge >= 0.3 is 0 Å². The fourth-order valence-electron chi connectivity index (χ4n) is 3.45. The van der Waals surface area contributed by atoms with Gasteiger partial charge in [0, 0.05) is 19.6 Å². The number of hydrogen-bond donors (Lipinski definition) is 1. The van der Waals surface area contributed by atoms with Gasteiger partial charge in [0.05, 0.1) is 11.0 Å². The fraction of sp³-hybridized carbons (Fsp3) is 0.381. The van der Waals surface area contributed by atoms with Gasteiger partial charge in [-0.25, -0.2) is 4.98 Å². The van der Waals surface area contributed by atoms with Crippen LogP contribution in [-0.2, 0) is 13.1 Å². The maximum Gasteiger partial charge on any atom is 0.231 e. The smallest absolute Gasteiger partial charge is 0.231 e. The van der Waals surface area contributed by atoms with Crippen LogP contribution in [0.25, 0.3) is 11.0 Å². The SMILES string of the molecule is CCN(CC)CCn1c(NCc2ccc3c(c2)OCO3)nc2ccccc21.Cl.Cl. The molecule has 1 aliphatic rings. The first-order chi connectivity index (χ1) is 13.3. The summed E-state index contributed by atoms with van der Waals surface area (Å²) >= 11 is 0. The van der Waals surface area contributed by atoms with Crippen molar-refractivity contribution in [2.75, 3.05) is 31.7 Å². The molecule has 0 saturated carbocycles. The van der Waals surface area contributed by atoms with E-state index in [1.165, 1.54) is 0 Å². The van der Waals surface area contributed by atoms with Crippen LogP contribution in [0.3, 0.4) is 0 Å². The second kappa shape index (κ2) is 10.6. The molecule has 0 spiro atoms. The maximum absolute atomic E-state index is 5.48. The zero-order valence-corrected chi connectivity index (χ0v) is 18.4. The minimum Gasteiger partial charge on any atom is -0.454 e. The third kappa shape index (κ3) is 5.07. The highest BCUT2D eigenvalue weighted by atomic mass is 35.5. The van der Waals surface area contributed by atoms with Crippen LogP contribution in [0.4, 0.5) is 5.95 Å². The number of halogens is 2. The number of para-hydroxylation sites is 2. The van der Waals surface area contributed by atoms with Crippen molar-refractivity contribution in [1.82, 2.24) is 14.5 Å². The number of likely N-dealkylation sites (N-methyl/N-ethyl adjacent to an activating group) is 1. The third-order valence-corrected chi connectivity index (χ3v) is 5.08. The first kappa shape index (κ1) is 23.1. The number of aromatic nitrogens is 2. The molecule has 2 aromatic carbocycles. The van der Waals surface area contributed by atoms with E-state index in [1.54, 1.807) is 0 Å². The van der Waals surface area contributed by atoms with Crippen LogP contribution in [0, 0.1) is 0 Å². The summed E-state index contributed by atoms with van der Waals surface area (Å²) in [7, 11) is 0. The fourth-order valence-corrected chi connectivity index (χ4v) is 3.45. The van der Waals surface area contributed by atoms with Crippen molar-refractivity contribution >= 4 is 41.8 Å². The molecule has 0 unspecified atom stereocenters.